The lowest BCUT2D eigenvalue weighted by atomic mass is 10.2. The molecule has 7 heteroatoms. The Bertz CT molecular complexity index is 536. The molecule has 1 aliphatic rings. The van der Waals surface area contributed by atoms with Crippen LogP contribution in [-0.2, 0) is 4.79 Å². The molecule has 1 saturated heterocycles. The van der Waals surface area contributed by atoms with Crippen molar-refractivity contribution in [2.24, 2.45) is 0 Å². The second kappa shape index (κ2) is 9.52. The van der Waals surface area contributed by atoms with E-state index >= 15 is 0 Å². The summed E-state index contributed by atoms with van der Waals surface area (Å²) in [7, 11) is 0. The smallest absolute Gasteiger partial charge is 0.251 e. The Labute approximate surface area is 139 Å². The third-order valence-corrected chi connectivity index (χ3v) is 4.61. The molecule has 2 rings (SSSR count). The van der Waals surface area contributed by atoms with Crippen molar-refractivity contribution >= 4 is 23.6 Å². The molecule has 1 aromatic rings. The van der Waals surface area contributed by atoms with Crippen molar-refractivity contribution in [1.29, 1.82) is 0 Å². The normalized spacial score (nSPS) is 17.5. The third-order valence-electron chi connectivity index (χ3n) is 3.48. The molecule has 0 bridgehead atoms. The van der Waals surface area contributed by atoms with E-state index in [9.17, 15) is 14.0 Å². The number of carbonyl (C=O) groups is 2. The summed E-state index contributed by atoms with van der Waals surface area (Å²) >= 11 is 1.86. The van der Waals surface area contributed by atoms with Crippen molar-refractivity contribution in [3.63, 3.8) is 0 Å². The predicted molar refractivity (Wildman–Crippen MR) is 90.1 cm³/mol. The molecular weight excluding hydrogens is 317 g/mol. The maximum atomic E-state index is 13.0. The summed E-state index contributed by atoms with van der Waals surface area (Å²) in [6, 6.07) is 5.82. The van der Waals surface area contributed by atoms with Crippen LogP contribution in [0.4, 0.5) is 4.39 Å². The molecule has 0 spiro atoms. The van der Waals surface area contributed by atoms with E-state index in [0.717, 1.165) is 18.1 Å². The van der Waals surface area contributed by atoms with Gasteiger partial charge in [0.1, 0.15) is 5.82 Å². The monoisotopic (exact) mass is 339 g/mol. The van der Waals surface area contributed by atoms with Crippen LogP contribution in [0.5, 0.6) is 0 Å². The number of nitrogens with one attached hydrogen (secondary N) is 3. The van der Waals surface area contributed by atoms with Crippen LogP contribution in [0.3, 0.4) is 0 Å². The van der Waals surface area contributed by atoms with E-state index in [2.05, 4.69) is 16.0 Å². The van der Waals surface area contributed by atoms with Gasteiger partial charge in [0.15, 0.2) is 0 Å². The van der Waals surface area contributed by atoms with Gasteiger partial charge in [0.25, 0.3) is 5.91 Å². The van der Waals surface area contributed by atoms with Crippen molar-refractivity contribution in [2.75, 3.05) is 31.1 Å². The number of thioether (sulfide) groups is 1. The first-order chi connectivity index (χ1) is 11.1. The highest BCUT2D eigenvalue weighted by Crippen LogP contribution is 2.09. The second-order valence-corrected chi connectivity index (χ2v) is 6.55. The van der Waals surface area contributed by atoms with Gasteiger partial charge in [-0.25, -0.2) is 4.39 Å². The highest BCUT2D eigenvalue weighted by Gasteiger charge is 2.16. The number of benzene rings is 1. The summed E-state index contributed by atoms with van der Waals surface area (Å²) in [6.07, 6.45) is 1.13. The topological polar surface area (TPSA) is 70.2 Å². The number of hydrogen-bond donors (Lipinski definition) is 3. The first-order valence-corrected chi connectivity index (χ1v) is 8.92. The van der Waals surface area contributed by atoms with Crippen LogP contribution in [0.2, 0.25) is 0 Å². The average Bonchev–Trinajstić information content (AvgIpc) is 2.55. The lowest BCUT2D eigenvalue weighted by Crippen LogP contribution is -2.41. The van der Waals surface area contributed by atoms with Gasteiger partial charge in [0, 0.05) is 49.2 Å². The summed E-state index contributed by atoms with van der Waals surface area (Å²) in [5.41, 5.74) is 0.301. The van der Waals surface area contributed by atoms with Crippen LogP contribution in [-0.4, -0.2) is 49.0 Å². The SMILES string of the molecule is O=C(CC1CSCCN1)NCCCNC(=O)c1cccc(F)c1. The van der Waals surface area contributed by atoms with Gasteiger partial charge in [-0.3, -0.25) is 9.59 Å². The Kier molecular flexibility index (Phi) is 7.35. The van der Waals surface area contributed by atoms with Crippen molar-refractivity contribution in [3.05, 3.63) is 35.6 Å². The van der Waals surface area contributed by atoms with E-state index in [1.54, 1.807) is 6.07 Å². The molecule has 0 radical (unpaired) electrons. The Morgan fingerprint density at radius 3 is 2.87 bits per heavy atom. The van der Waals surface area contributed by atoms with Crippen LogP contribution in [0, 0.1) is 5.82 Å². The molecule has 0 saturated carbocycles. The molecule has 0 aliphatic carbocycles. The van der Waals surface area contributed by atoms with Crippen LogP contribution in [0.1, 0.15) is 23.2 Å². The maximum Gasteiger partial charge on any atom is 0.251 e. The predicted octanol–water partition coefficient (Wildman–Crippen LogP) is 1.16. The minimum absolute atomic E-state index is 0.0291. The van der Waals surface area contributed by atoms with Gasteiger partial charge in [0.2, 0.25) is 5.91 Å². The van der Waals surface area contributed by atoms with Gasteiger partial charge in [-0.2, -0.15) is 11.8 Å². The molecule has 1 unspecified atom stereocenters. The van der Waals surface area contributed by atoms with Gasteiger partial charge in [-0.1, -0.05) is 6.07 Å². The zero-order chi connectivity index (χ0) is 16.5. The van der Waals surface area contributed by atoms with Crippen LogP contribution < -0.4 is 16.0 Å². The zero-order valence-electron chi connectivity index (χ0n) is 12.9. The van der Waals surface area contributed by atoms with Crippen molar-refractivity contribution in [2.45, 2.75) is 18.9 Å². The van der Waals surface area contributed by atoms with Crippen molar-refractivity contribution in [1.82, 2.24) is 16.0 Å². The highest BCUT2D eigenvalue weighted by atomic mass is 32.2. The van der Waals surface area contributed by atoms with Crippen molar-refractivity contribution < 1.29 is 14.0 Å². The zero-order valence-corrected chi connectivity index (χ0v) is 13.8. The fourth-order valence-corrected chi connectivity index (χ4v) is 3.25. The molecule has 1 aliphatic heterocycles. The molecule has 23 heavy (non-hydrogen) atoms. The average molecular weight is 339 g/mol. The largest absolute Gasteiger partial charge is 0.356 e. The third kappa shape index (κ3) is 6.58. The molecule has 5 nitrogen and oxygen atoms in total. The Morgan fingerprint density at radius 1 is 1.30 bits per heavy atom. The second-order valence-electron chi connectivity index (χ2n) is 5.40. The number of amides is 2. The quantitative estimate of drug-likeness (QED) is 0.652. The number of halogens is 1. The lowest BCUT2D eigenvalue weighted by Gasteiger charge is -2.22. The number of hydrogen-bond acceptors (Lipinski definition) is 4. The van der Waals surface area contributed by atoms with E-state index in [0.29, 0.717) is 31.5 Å². The van der Waals surface area contributed by atoms with Gasteiger partial charge >= 0.3 is 0 Å². The maximum absolute atomic E-state index is 13.0. The summed E-state index contributed by atoms with van der Waals surface area (Å²) < 4.78 is 13.0. The van der Waals surface area contributed by atoms with E-state index < -0.39 is 5.82 Å². The molecule has 0 aromatic heterocycles. The molecule has 1 heterocycles. The van der Waals surface area contributed by atoms with Crippen LogP contribution >= 0.6 is 11.8 Å². The minimum Gasteiger partial charge on any atom is -0.356 e. The Hall–Kier alpha value is -1.60. The fourth-order valence-electron chi connectivity index (χ4n) is 2.30. The van der Waals surface area contributed by atoms with E-state index in [4.69, 9.17) is 0 Å². The Balaban J connectivity index is 1.56. The van der Waals surface area contributed by atoms with E-state index in [-0.39, 0.29) is 17.9 Å². The highest BCUT2D eigenvalue weighted by molar-refractivity contribution is 7.99. The molecule has 1 fully saturated rings. The first-order valence-electron chi connectivity index (χ1n) is 7.77. The fraction of sp³-hybridized carbons (Fsp3) is 0.500. The van der Waals surface area contributed by atoms with Crippen molar-refractivity contribution in [3.8, 4) is 0 Å². The first kappa shape index (κ1) is 17.7. The van der Waals surface area contributed by atoms with Gasteiger partial charge in [-0.05, 0) is 24.6 Å². The van der Waals surface area contributed by atoms with Crippen LogP contribution in [0.25, 0.3) is 0 Å². The van der Waals surface area contributed by atoms with E-state index in [1.165, 1.54) is 18.2 Å². The minimum atomic E-state index is -0.431. The summed E-state index contributed by atoms with van der Waals surface area (Å²) in [5.74, 6) is 1.36. The standard InChI is InChI=1S/C16H22FN3O2S/c17-13-4-1-3-12(9-13)16(22)20-6-2-5-19-15(21)10-14-11-23-8-7-18-14/h1,3-4,9,14,18H,2,5-8,10-11H2,(H,19,21)(H,20,22). The molecule has 3 N–H and O–H groups in total. The summed E-state index contributed by atoms with van der Waals surface area (Å²) in [4.78, 5) is 23.6. The van der Waals surface area contributed by atoms with Crippen LogP contribution in [0.15, 0.2) is 24.3 Å². The number of rotatable bonds is 7. The van der Waals surface area contributed by atoms with E-state index in [1.807, 2.05) is 11.8 Å². The van der Waals surface area contributed by atoms with Gasteiger partial charge in [0.05, 0.1) is 0 Å². The molecule has 2 amide bonds. The number of carbonyl (C=O) groups excluding carboxylic acids is 2. The van der Waals surface area contributed by atoms with Gasteiger partial charge < -0.3 is 16.0 Å². The molecule has 126 valence electrons. The lowest BCUT2D eigenvalue weighted by molar-refractivity contribution is -0.121. The summed E-state index contributed by atoms with van der Waals surface area (Å²) in [6.45, 7) is 1.91. The molecule has 1 atom stereocenters. The molecular formula is C16H22FN3O2S. The molecule has 1 aromatic carbocycles. The Morgan fingerprint density at radius 2 is 2.13 bits per heavy atom. The summed E-state index contributed by atoms with van der Waals surface area (Å²) in [5, 5.41) is 8.88. The van der Waals surface area contributed by atoms with Gasteiger partial charge in [-0.15, -0.1) is 0 Å².